The summed E-state index contributed by atoms with van der Waals surface area (Å²) in [5.41, 5.74) is 0.428. The Bertz CT molecular complexity index is 814. The zero-order valence-electron chi connectivity index (χ0n) is 16.6. The Balaban J connectivity index is 2.00. The second-order valence-electron chi connectivity index (χ2n) is 6.33. The van der Waals surface area contributed by atoms with Crippen molar-refractivity contribution in [1.82, 2.24) is 4.90 Å². The number of hydrogen-bond acceptors (Lipinski definition) is 5. The first kappa shape index (κ1) is 22.4. The summed E-state index contributed by atoms with van der Waals surface area (Å²) in [6, 6.07) is 8.06. The van der Waals surface area contributed by atoms with Gasteiger partial charge >= 0.3 is 6.18 Å². The Kier molecular flexibility index (Phi) is 7.33. The molecule has 0 aromatic heterocycles. The van der Waals surface area contributed by atoms with E-state index in [0.717, 1.165) is 12.1 Å². The lowest BCUT2D eigenvalue weighted by molar-refractivity contribution is -0.137. The number of rotatable bonds is 8. The number of amides is 1. The van der Waals surface area contributed by atoms with Gasteiger partial charge in [-0.15, -0.1) is 0 Å². The Morgan fingerprint density at radius 3 is 2.00 bits per heavy atom. The standard InChI is InChI=1S/C20H23F3N2O4/c1-25(11-13-5-7-14(8-6-13)20(21,22)23)12-18(26)24-15-9-16(27-2)19(29-4)17(10-15)28-3/h5-10H,11-12H2,1-4H3,(H,24,26). The topological polar surface area (TPSA) is 60.0 Å². The molecular formula is C20H23F3N2O4. The average molecular weight is 412 g/mol. The van der Waals surface area contributed by atoms with Crippen molar-refractivity contribution in [3.05, 3.63) is 47.5 Å². The van der Waals surface area contributed by atoms with E-state index in [9.17, 15) is 18.0 Å². The van der Waals surface area contributed by atoms with Gasteiger partial charge in [-0.3, -0.25) is 9.69 Å². The highest BCUT2D eigenvalue weighted by Gasteiger charge is 2.29. The molecule has 29 heavy (non-hydrogen) atoms. The van der Waals surface area contributed by atoms with Crippen LogP contribution in [0.25, 0.3) is 0 Å². The molecule has 0 heterocycles. The van der Waals surface area contributed by atoms with Crippen LogP contribution in [0.5, 0.6) is 17.2 Å². The minimum Gasteiger partial charge on any atom is -0.493 e. The molecule has 2 rings (SSSR count). The van der Waals surface area contributed by atoms with Gasteiger partial charge < -0.3 is 19.5 Å². The van der Waals surface area contributed by atoms with E-state index in [2.05, 4.69) is 5.32 Å². The van der Waals surface area contributed by atoms with Gasteiger partial charge in [0.25, 0.3) is 0 Å². The Hall–Kier alpha value is -2.94. The molecule has 0 fully saturated rings. The van der Waals surface area contributed by atoms with Gasteiger partial charge in [-0.2, -0.15) is 13.2 Å². The number of halogens is 3. The molecule has 2 aromatic rings. The van der Waals surface area contributed by atoms with Gasteiger partial charge in [0.1, 0.15) is 0 Å². The molecule has 6 nitrogen and oxygen atoms in total. The van der Waals surface area contributed by atoms with Gasteiger partial charge in [-0.1, -0.05) is 12.1 Å². The summed E-state index contributed by atoms with van der Waals surface area (Å²) < 4.78 is 53.6. The smallest absolute Gasteiger partial charge is 0.416 e. The van der Waals surface area contributed by atoms with Crippen LogP contribution in [0.4, 0.5) is 18.9 Å². The maximum atomic E-state index is 12.6. The number of carbonyl (C=O) groups is 1. The zero-order valence-corrected chi connectivity index (χ0v) is 16.6. The van der Waals surface area contributed by atoms with Gasteiger partial charge in [-0.05, 0) is 24.7 Å². The van der Waals surface area contributed by atoms with Crippen LogP contribution in [0, 0.1) is 0 Å². The summed E-state index contributed by atoms with van der Waals surface area (Å²) in [5, 5.41) is 2.74. The van der Waals surface area contributed by atoms with Gasteiger partial charge in [0.2, 0.25) is 11.7 Å². The molecular weight excluding hydrogens is 389 g/mol. The predicted octanol–water partition coefficient (Wildman–Crippen LogP) is 3.80. The normalized spacial score (nSPS) is 11.3. The van der Waals surface area contributed by atoms with E-state index >= 15 is 0 Å². The number of methoxy groups -OCH3 is 3. The molecule has 1 N–H and O–H groups in total. The minimum absolute atomic E-state index is 0.0394. The average Bonchev–Trinajstić information content (AvgIpc) is 2.66. The molecule has 9 heteroatoms. The van der Waals surface area contributed by atoms with Crippen molar-refractivity contribution in [2.24, 2.45) is 0 Å². The quantitative estimate of drug-likeness (QED) is 0.715. The van der Waals surface area contributed by atoms with Crippen LogP contribution in [-0.2, 0) is 17.5 Å². The van der Waals surface area contributed by atoms with Crippen molar-refractivity contribution in [1.29, 1.82) is 0 Å². The first-order valence-electron chi connectivity index (χ1n) is 8.62. The van der Waals surface area contributed by atoms with Gasteiger partial charge in [0.05, 0.1) is 33.4 Å². The SMILES string of the molecule is COc1cc(NC(=O)CN(C)Cc2ccc(C(F)(F)F)cc2)cc(OC)c1OC. The number of ether oxygens (including phenoxy) is 3. The Morgan fingerprint density at radius 1 is 1.00 bits per heavy atom. The van der Waals surface area contributed by atoms with Gasteiger partial charge in [-0.25, -0.2) is 0 Å². The molecule has 158 valence electrons. The molecule has 0 atom stereocenters. The summed E-state index contributed by atoms with van der Waals surface area (Å²) >= 11 is 0. The van der Waals surface area contributed by atoms with Gasteiger partial charge in [0, 0.05) is 24.4 Å². The van der Waals surface area contributed by atoms with Gasteiger partial charge in [0.15, 0.2) is 11.5 Å². The second-order valence-corrected chi connectivity index (χ2v) is 6.33. The van der Waals surface area contributed by atoms with Crippen LogP contribution in [0.3, 0.4) is 0 Å². The summed E-state index contributed by atoms with van der Waals surface area (Å²) in [6.07, 6.45) is -4.37. The lowest BCUT2D eigenvalue weighted by Gasteiger charge is -2.18. The molecule has 0 bridgehead atoms. The number of nitrogens with one attached hydrogen (secondary N) is 1. The summed E-state index contributed by atoms with van der Waals surface area (Å²) in [6.45, 7) is 0.360. The number of likely N-dealkylation sites (N-methyl/N-ethyl adjacent to an activating group) is 1. The van der Waals surface area contributed by atoms with Crippen molar-refractivity contribution >= 4 is 11.6 Å². The molecule has 0 radical (unpaired) electrons. The summed E-state index contributed by atoms with van der Waals surface area (Å²) in [5.74, 6) is 0.918. The third-order valence-electron chi connectivity index (χ3n) is 4.10. The van der Waals surface area contributed by atoms with E-state index in [1.807, 2.05) is 0 Å². The van der Waals surface area contributed by atoms with E-state index in [-0.39, 0.29) is 12.5 Å². The Morgan fingerprint density at radius 2 is 1.55 bits per heavy atom. The molecule has 0 unspecified atom stereocenters. The largest absolute Gasteiger partial charge is 0.493 e. The van der Waals surface area contributed by atoms with E-state index in [4.69, 9.17) is 14.2 Å². The van der Waals surface area contributed by atoms with Crippen LogP contribution >= 0.6 is 0 Å². The fourth-order valence-corrected chi connectivity index (χ4v) is 2.77. The molecule has 1 amide bonds. The van der Waals surface area contributed by atoms with E-state index in [1.165, 1.54) is 33.5 Å². The molecule has 0 aliphatic heterocycles. The third-order valence-corrected chi connectivity index (χ3v) is 4.10. The maximum Gasteiger partial charge on any atom is 0.416 e. The monoisotopic (exact) mass is 412 g/mol. The Labute approximate surface area is 167 Å². The van der Waals surface area contributed by atoms with Crippen molar-refractivity contribution in [3.8, 4) is 17.2 Å². The fourth-order valence-electron chi connectivity index (χ4n) is 2.77. The van der Waals surface area contributed by atoms with E-state index in [1.54, 1.807) is 24.1 Å². The van der Waals surface area contributed by atoms with Crippen LogP contribution < -0.4 is 19.5 Å². The second kappa shape index (κ2) is 9.51. The highest BCUT2D eigenvalue weighted by molar-refractivity contribution is 5.93. The first-order chi connectivity index (χ1) is 13.7. The van der Waals surface area contributed by atoms with Crippen molar-refractivity contribution in [2.75, 3.05) is 40.2 Å². The summed E-state index contributed by atoms with van der Waals surface area (Å²) in [4.78, 5) is 14.0. The highest BCUT2D eigenvalue weighted by Crippen LogP contribution is 2.39. The van der Waals surface area contributed by atoms with E-state index < -0.39 is 11.7 Å². The number of alkyl halides is 3. The van der Waals surface area contributed by atoms with Crippen LogP contribution in [-0.4, -0.2) is 45.7 Å². The van der Waals surface area contributed by atoms with Crippen molar-refractivity contribution in [3.63, 3.8) is 0 Å². The number of hydrogen-bond donors (Lipinski definition) is 1. The lowest BCUT2D eigenvalue weighted by atomic mass is 10.1. The van der Waals surface area contributed by atoms with Crippen molar-refractivity contribution < 1.29 is 32.2 Å². The molecule has 0 aliphatic carbocycles. The number of benzene rings is 2. The minimum atomic E-state index is -4.37. The van der Waals surface area contributed by atoms with Crippen LogP contribution in [0.15, 0.2) is 36.4 Å². The maximum absolute atomic E-state index is 12.6. The fraction of sp³-hybridized carbons (Fsp3) is 0.350. The molecule has 2 aromatic carbocycles. The number of carbonyl (C=O) groups excluding carboxylic acids is 1. The zero-order chi connectivity index (χ0) is 21.6. The molecule has 0 aliphatic rings. The first-order valence-corrected chi connectivity index (χ1v) is 8.62. The molecule has 0 saturated carbocycles. The predicted molar refractivity (Wildman–Crippen MR) is 103 cm³/mol. The summed E-state index contributed by atoms with van der Waals surface area (Å²) in [7, 11) is 6.13. The van der Waals surface area contributed by atoms with Crippen LogP contribution in [0.1, 0.15) is 11.1 Å². The highest BCUT2D eigenvalue weighted by atomic mass is 19.4. The lowest BCUT2D eigenvalue weighted by Crippen LogP contribution is -2.29. The van der Waals surface area contributed by atoms with E-state index in [0.29, 0.717) is 35.0 Å². The third kappa shape index (κ3) is 6.02. The number of anilines is 1. The molecule has 0 spiro atoms. The number of nitrogens with zero attached hydrogens (tertiary/aromatic N) is 1. The van der Waals surface area contributed by atoms with Crippen molar-refractivity contribution in [2.45, 2.75) is 12.7 Å². The van der Waals surface area contributed by atoms with Crippen LogP contribution in [0.2, 0.25) is 0 Å². The molecule has 0 saturated heterocycles.